The van der Waals surface area contributed by atoms with E-state index in [1.165, 1.54) is 0 Å². The van der Waals surface area contributed by atoms with Gasteiger partial charge in [0, 0.05) is 38.7 Å². The Kier molecular flexibility index (Phi) is 7.06. The van der Waals surface area contributed by atoms with Crippen LogP contribution < -0.4 is 20.7 Å². The third-order valence-electron chi connectivity index (χ3n) is 5.04. The molecule has 0 unspecified atom stereocenters. The molecule has 2 aromatic heterocycles. The summed E-state index contributed by atoms with van der Waals surface area (Å²) in [4.78, 5) is 15.4. The van der Waals surface area contributed by atoms with Crippen molar-refractivity contribution >= 4 is 62.6 Å². The highest BCUT2D eigenvalue weighted by Crippen LogP contribution is 2.27. The van der Waals surface area contributed by atoms with E-state index in [0.29, 0.717) is 17.3 Å². The number of aromatic nitrogens is 4. The van der Waals surface area contributed by atoms with Crippen LogP contribution >= 0.6 is 12.4 Å². The average Bonchev–Trinajstić information content (AvgIpc) is 3.09. The molecule has 0 spiro atoms. The minimum absolute atomic E-state index is 0. The zero-order valence-electron chi connectivity index (χ0n) is 18.3. The van der Waals surface area contributed by atoms with E-state index >= 15 is 0 Å². The number of aryl methyl sites for hydroxylation is 1. The molecule has 10 nitrogen and oxygen atoms in total. The van der Waals surface area contributed by atoms with E-state index in [4.69, 9.17) is 5.14 Å². The van der Waals surface area contributed by atoms with Crippen LogP contribution in [0.5, 0.6) is 0 Å². The number of imidazole rings is 1. The molecule has 0 saturated heterocycles. The number of fused-ring (bicyclic) bond motifs is 1. The molecule has 0 aliphatic heterocycles. The monoisotopic (exact) mass is 488 g/mol. The first-order valence-corrected chi connectivity index (χ1v) is 11.5. The van der Waals surface area contributed by atoms with Crippen molar-refractivity contribution in [3.05, 3.63) is 60.3 Å². The van der Waals surface area contributed by atoms with E-state index in [1.54, 1.807) is 30.5 Å². The van der Waals surface area contributed by atoms with E-state index in [-0.39, 0.29) is 18.2 Å². The second-order valence-corrected chi connectivity index (χ2v) is 8.96. The molecule has 4 N–H and O–H groups in total. The van der Waals surface area contributed by atoms with Crippen molar-refractivity contribution in [2.24, 2.45) is 12.2 Å². The van der Waals surface area contributed by atoms with E-state index in [0.717, 1.165) is 28.4 Å². The normalized spacial score (nSPS) is 11.2. The molecule has 0 aliphatic carbocycles. The van der Waals surface area contributed by atoms with E-state index in [1.807, 2.05) is 54.9 Å². The smallest absolute Gasteiger partial charge is 0.229 e. The van der Waals surface area contributed by atoms with Crippen LogP contribution in [0.15, 0.2) is 54.7 Å². The minimum Gasteiger partial charge on any atom is -0.359 e. The van der Waals surface area contributed by atoms with Crippen LogP contribution in [0.3, 0.4) is 0 Å². The van der Waals surface area contributed by atoms with Gasteiger partial charge in [-0.25, -0.2) is 23.5 Å². The Morgan fingerprint density at radius 3 is 2.48 bits per heavy atom. The highest BCUT2D eigenvalue weighted by Gasteiger charge is 2.12. The molecule has 0 radical (unpaired) electrons. The maximum atomic E-state index is 11.2. The number of nitrogens with zero attached hydrogens (tertiary/aromatic N) is 5. The molecule has 0 amide bonds. The maximum absolute atomic E-state index is 11.2. The fourth-order valence-electron chi connectivity index (χ4n) is 3.39. The Morgan fingerprint density at radius 2 is 1.82 bits per heavy atom. The molecule has 2 aromatic carbocycles. The molecule has 0 atom stereocenters. The van der Waals surface area contributed by atoms with Crippen LogP contribution in [0.25, 0.3) is 11.0 Å². The number of hydrogen-bond donors (Lipinski definition) is 3. The van der Waals surface area contributed by atoms with Crippen molar-refractivity contribution in [1.82, 2.24) is 19.5 Å². The van der Waals surface area contributed by atoms with Crippen LogP contribution in [0.4, 0.5) is 29.1 Å². The molecule has 0 bridgehead atoms. The summed E-state index contributed by atoms with van der Waals surface area (Å²) < 4.78 is 24.5. The number of hydrogen-bond acceptors (Lipinski definition) is 8. The third kappa shape index (κ3) is 5.51. The molecular formula is C21H25ClN8O2S. The van der Waals surface area contributed by atoms with Gasteiger partial charge in [-0.2, -0.15) is 4.98 Å². The van der Waals surface area contributed by atoms with Crippen molar-refractivity contribution < 1.29 is 8.42 Å². The van der Waals surface area contributed by atoms with Crippen molar-refractivity contribution in [2.45, 2.75) is 5.75 Å². The van der Waals surface area contributed by atoms with Gasteiger partial charge in [-0.05, 0) is 42.0 Å². The highest BCUT2D eigenvalue weighted by molar-refractivity contribution is 7.88. The van der Waals surface area contributed by atoms with Gasteiger partial charge in [-0.1, -0.05) is 12.1 Å². The Bertz CT molecular complexity index is 1370. The Labute approximate surface area is 198 Å². The molecule has 4 aromatic rings. The quantitative estimate of drug-likeness (QED) is 0.361. The van der Waals surface area contributed by atoms with Gasteiger partial charge in [-0.3, -0.25) is 0 Å². The van der Waals surface area contributed by atoms with Crippen LogP contribution in [0.2, 0.25) is 0 Å². The molecular weight excluding hydrogens is 464 g/mol. The minimum atomic E-state index is -3.57. The lowest BCUT2D eigenvalue weighted by atomic mass is 10.2. The number of primary sulfonamides is 1. The lowest BCUT2D eigenvalue weighted by Crippen LogP contribution is -2.14. The lowest BCUT2D eigenvalue weighted by Gasteiger charge is -2.19. The summed E-state index contributed by atoms with van der Waals surface area (Å²) in [6, 6.07) is 14.8. The fourth-order valence-corrected chi connectivity index (χ4v) is 4.05. The predicted octanol–water partition coefficient (Wildman–Crippen LogP) is 3.13. The first kappa shape index (κ1) is 24.2. The van der Waals surface area contributed by atoms with Gasteiger partial charge in [0.2, 0.25) is 21.9 Å². The van der Waals surface area contributed by atoms with Gasteiger partial charge in [0.1, 0.15) is 5.82 Å². The topological polar surface area (TPSA) is 131 Å². The predicted molar refractivity (Wildman–Crippen MR) is 134 cm³/mol. The first-order valence-electron chi connectivity index (χ1n) is 9.81. The van der Waals surface area contributed by atoms with Gasteiger partial charge < -0.3 is 20.1 Å². The fraction of sp³-hybridized carbons (Fsp3) is 0.190. The lowest BCUT2D eigenvalue weighted by molar-refractivity contribution is 0.597. The van der Waals surface area contributed by atoms with Crippen LogP contribution in [0.1, 0.15) is 5.56 Å². The Hall–Kier alpha value is -3.41. The largest absolute Gasteiger partial charge is 0.359 e. The second kappa shape index (κ2) is 9.61. The maximum Gasteiger partial charge on any atom is 0.229 e. The van der Waals surface area contributed by atoms with Gasteiger partial charge in [0.05, 0.1) is 16.8 Å². The van der Waals surface area contributed by atoms with Crippen LogP contribution in [-0.4, -0.2) is 42.0 Å². The number of sulfonamides is 1. The Morgan fingerprint density at radius 1 is 1.09 bits per heavy atom. The summed E-state index contributed by atoms with van der Waals surface area (Å²) in [5.74, 6) is 1.71. The summed E-state index contributed by atoms with van der Waals surface area (Å²) >= 11 is 0. The van der Waals surface area contributed by atoms with Crippen LogP contribution in [-0.2, 0) is 22.8 Å². The number of halogens is 1. The van der Waals surface area contributed by atoms with E-state index in [2.05, 4.69) is 25.6 Å². The van der Waals surface area contributed by atoms with Crippen molar-refractivity contribution in [2.75, 3.05) is 29.6 Å². The molecule has 0 aliphatic rings. The number of benzene rings is 2. The molecule has 0 fully saturated rings. The number of anilines is 5. The number of rotatable bonds is 7. The molecule has 4 rings (SSSR count). The highest BCUT2D eigenvalue weighted by atomic mass is 35.5. The van der Waals surface area contributed by atoms with Crippen molar-refractivity contribution in [3.8, 4) is 0 Å². The molecule has 33 heavy (non-hydrogen) atoms. The van der Waals surface area contributed by atoms with E-state index in [9.17, 15) is 8.42 Å². The van der Waals surface area contributed by atoms with Gasteiger partial charge >= 0.3 is 0 Å². The van der Waals surface area contributed by atoms with Crippen molar-refractivity contribution in [1.29, 1.82) is 0 Å². The zero-order valence-corrected chi connectivity index (χ0v) is 20.0. The van der Waals surface area contributed by atoms with Gasteiger partial charge in [0.25, 0.3) is 0 Å². The molecule has 12 heteroatoms. The summed E-state index contributed by atoms with van der Waals surface area (Å²) in [5.41, 5.74) is 4.20. The first-order chi connectivity index (χ1) is 15.2. The average molecular weight is 489 g/mol. The number of nitrogens with one attached hydrogen (secondary N) is 2. The number of nitrogens with two attached hydrogens (primary N) is 1. The molecule has 0 saturated carbocycles. The summed E-state index contributed by atoms with van der Waals surface area (Å²) in [5, 5.41) is 11.3. The van der Waals surface area contributed by atoms with Gasteiger partial charge in [-0.15, -0.1) is 12.4 Å². The molecule has 2 heterocycles. The van der Waals surface area contributed by atoms with E-state index < -0.39 is 10.0 Å². The molecule has 174 valence electrons. The van der Waals surface area contributed by atoms with Crippen LogP contribution in [0, 0.1) is 0 Å². The standard InChI is InChI=1S/C21H24N8O2S.ClH/c1-23-21-26-17-12-16(8-9-18(17)29(21)3)28(2)19-10-11-24-20(27-19)25-15-6-4-14(5-7-15)13-32(22,30)31;/h4-12H,13H2,1-3H3,(H,23,26)(H2,22,30,31)(H,24,25,27);1H. The Balaban J connectivity index is 0.00000306. The summed E-state index contributed by atoms with van der Waals surface area (Å²) in [7, 11) is 2.17. The zero-order chi connectivity index (χ0) is 22.9. The van der Waals surface area contributed by atoms with Gasteiger partial charge in [0.15, 0.2) is 0 Å². The van der Waals surface area contributed by atoms with Crippen molar-refractivity contribution in [3.63, 3.8) is 0 Å². The summed E-state index contributed by atoms with van der Waals surface area (Å²) in [6.45, 7) is 0. The summed E-state index contributed by atoms with van der Waals surface area (Å²) in [6.07, 6.45) is 1.68. The second-order valence-electron chi connectivity index (χ2n) is 7.34. The SMILES string of the molecule is CNc1nc2cc(N(C)c3ccnc(Nc4ccc(CS(N)(=O)=O)cc4)n3)ccc2n1C.Cl. The third-order valence-corrected chi connectivity index (χ3v) is 5.77.